The smallest absolute Gasteiger partial charge is 0.179 e. The molecular weight excluding hydrogens is 222 g/mol. The molecule has 0 N–H and O–H groups in total. The lowest BCUT2D eigenvalue weighted by Crippen LogP contribution is -2.31. The number of benzene rings is 1. The summed E-state index contributed by atoms with van der Waals surface area (Å²) in [4.78, 5) is 2.32. The molecular formula is C12H19NO2S. The van der Waals surface area contributed by atoms with E-state index in [0.717, 1.165) is 5.56 Å². The quantitative estimate of drug-likeness (QED) is 0.805. The van der Waals surface area contributed by atoms with Gasteiger partial charge in [-0.15, -0.1) is 0 Å². The largest absolute Gasteiger partial charge is 0.306 e. The molecule has 1 aromatic carbocycles. The van der Waals surface area contributed by atoms with Crippen molar-refractivity contribution in [3.05, 3.63) is 29.8 Å². The van der Waals surface area contributed by atoms with Crippen molar-refractivity contribution in [1.29, 1.82) is 0 Å². The lowest BCUT2D eigenvalue weighted by Gasteiger charge is -2.19. The van der Waals surface area contributed by atoms with Gasteiger partial charge >= 0.3 is 0 Å². The van der Waals surface area contributed by atoms with Crippen molar-refractivity contribution in [1.82, 2.24) is 4.90 Å². The van der Waals surface area contributed by atoms with Gasteiger partial charge in [-0.25, -0.2) is 8.42 Å². The summed E-state index contributed by atoms with van der Waals surface area (Å²) in [6.07, 6.45) is 0. The molecule has 0 spiro atoms. The van der Waals surface area contributed by atoms with Crippen LogP contribution in [0.25, 0.3) is 0 Å². The van der Waals surface area contributed by atoms with Gasteiger partial charge in [0.05, 0.1) is 10.6 Å². The monoisotopic (exact) mass is 241 g/mol. The third-order valence-electron chi connectivity index (χ3n) is 2.72. The first-order valence-corrected chi connectivity index (χ1v) is 6.94. The van der Waals surface area contributed by atoms with Gasteiger partial charge in [-0.1, -0.05) is 17.7 Å². The summed E-state index contributed by atoms with van der Waals surface area (Å²) < 4.78 is 24.1. The van der Waals surface area contributed by atoms with E-state index in [1.165, 1.54) is 0 Å². The molecule has 0 heterocycles. The van der Waals surface area contributed by atoms with Crippen molar-refractivity contribution < 1.29 is 8.42 Å². The van der Waals surface area contributed by atoms with Crippen molar-refractivity contribution in [3.8, 4) is 0 Å². The van der Waals surface area contributed by atoms with Gasteiger partial charge in [0, 0.05) is 6.04 Å². The maximum Gasteiger partial charge on any atom is 0.179 e. The minimum absolute atomic E-state index is 0.0197. The zero-order chi connectivity index (χ0) is 12.3. The van der Waals surface area contributed by atoms with Gasteiger partial charge in [0.15, 0.2) is 9.84 Å². The molecule has 16 heavy (non-hydrogen) atoms. The fraction of sp³-hybridized carbons (Fsp3) is 0.500. The lowest BCUT2D eigenvalue weighted by molar-refractivity contribution is 0.336. The van der Waals surface area contributed by atoms with Gasteiger partial charge in [-0.05, 0) is 40.1 Å². The molecule has 4 heteroatoms. The first kappa shape index (κ1) is 13.2. The Morgan fingerprint density at radius 2 is 1.69 bits per heavy atom. The van der Waals surface area contributed by atoms with E-state index in [1.807, 2.05) is 45.0 Å². The summed E-state index contributed by atoms with van der Waals surface area (Å²) in [6.45, 7) is 3.85. The summed E-state index contributed by atoms with van der Waals surface area (Å²) in [7, 11) is 0.606. The van der Waals surface area contributed by atoms with Gasteiger partial charge in [0.25, 0.3) is 0 Å². The van der Waals surface area contributed by atoms with Crippen LogP contribution in [0, 0.1) is 6.92 Å². The Labute approximate surface area is 98.0 Å². The highest BCUT2D eigenvalue weighted by atomic mass is 32.2. The molecule has 1 rings (SSSR count). The van der Waals surface area contributed by atoms with Crippen LogP contribution in [0.2, 0.25) is 0 Å². The van der Waals surface area contributed by atoms with Crippen LogP contribution < -0.4 is 0 Å². The van der Waals surface area contributed by atoms with Crippen molar-refractivity contribution in [2.45, 2.75) is 24.8 Å². The normalized spacial score (nSPS) is 14.1. The van der Waals surface area contributed by atoms with Gasteiger partial charge in [0.2, 0.25) is 0 Å². The van der Waals surface area contributed by atoms with Gasteiger partial charge in [0.1, 0.15) is 0 Å². The minimum atomic E-state index is -3.16. The van der Waals surface area contributed by atoms with Gasteiger partial charge in [-0.3, -0.25) is 0 Å². The van der Waals surface area contributed by atoms with Gasteiger partial charge in [-0.2, -0.15) is 0 Å². The van der Waals surface area contributed by atoms with Crippen LogP contribution in [-0.4, -0.2) is 39.2 Å². The molecule has 0 aromatic heterocycles. The minimum Gasteiger partial charge on any atom is -0.306 e. The van der Waals surface area contributed by atoms with Crippen molar-refractivity contribution in [2.75, 3.05) is 19.8 Å². The standard InChI is InChI=1S/C12H19NO2S/c1-10-5-7-12(8-6-10)16(14,15)9-11(2)13(3)4/h5-8,11H,9H2,1-4H3/t11-/m1/s1. The van der Waals surface area contributed by atoms with E-state index in [9.17, 15) is 8.42 Å². The second-order valence-corrected chi connectivity index (χ2v) is 6.44. The zero-order valence-corrected chi connectivity index (χ0v) is 11.1. The molecule has 0 saturated carbocycles. The molecule has 1 aromatic rings. The van der Waals surface area contributed by atoms with E-state index in [-0.39, 0.29) is 11.8 Å². The Morgan fingerprint density at radius 3 is 2.12 bits per heavy atom. The average molecular weight is 241 g/mol. The van der Waals surface area contributed by atoms with E-state index in [0.29, 0.717) is 4.90 Å². The molecule has 0 amide bonds. The van der Waals surface area contributed by atoms with Gasteiger partial charge < -0.3 is 4.90 Å². The number of hydrogen-bond acceptors (Lipinski definition) is 3. The van der Waals surface area contributed by atoms with E-state index in [1.54, 1.807) is 12.1 Å². The SMILES string of the molecule is Cc1ccc(S(=O)(=O)C[C@@H](C)N(C)C)cc1. The molecule has 0 radical (unpaired) electrons. The zero-order valence-electron chi connectivity index (χ0n) is 10.3. The highest BCUT2D eigenvalue weighted by molar-refractivity contribution is 7.91. The van der Waals surface area contributed by atoms with Crippen LogP contribution in [0.3, 0.4) is 0 Å². The highest BCUT2D eigenvalue weighted by Gasteiger charge is 2.19. The van der Waals surface area contributed by atoms with Crippen LogP contribution in [0.15, 0.2) is 29.2 Å². The summed E-state index contributed by atoms with van der Waals surface area (Å²) in [5.74, 6) is 0.156. The van der Waals surface area contributed by atoms with E-state index >= 15 is 0 Å². The van der Waals surface area contributed by atoms with Crippen molar-refractivity contribution in [2.24, 2.45) is 0 Å². The molecule has 90 valence electrons. The molecule has 0 aliphatic heterocycles. The maximum absolute atomic E-state index is 12.0. The Bertz CT molecular complexity index is 435. The Hall–Kier alpha value is -0.870. The lowest BCUT2D eigenvalue weighted by atomic mass is 10.2. The molecule has 0 aliphatic carbocycles. The molecule has 0 bridgehead atoms. The van der Waals surface area contributed by atoms with Crippen LogP contribution in [0.5, 0.6) is 0 Å². The number of sulfone groups is 1. The molecule has 3 nitrogen and oxygen atoms in total. The Kier molecular flexibility index (Phi) is 4.10. The van der Waals surface area contributed by atoms with Crippen LogP contribution in [0.1, 0.15) is 12.5 Å². The topological polar surface area (TPSA) is 37.4 Å². The fourth-order valence-electron chi connectivity index (χ4n) is 1.31. The molecule has 0 unspecified atom stereocenters. The molecule has 0 fully saturated rings. The first-order valence-electron chi connectivity index (χ1n) is 5.29. The number of hydrogen-bond donors (Lipinski definition) is 0. The predicted octanol–water partition coefficient (Wildman–Crippen LogP) is 1.72. The Balaban J connectivity index is 2.90. The van der Waals surface area contributed by atoms with Crippen molar-refractivity contribution in [3.63, 3.8) is 0 Å². The first-order chi connectivity index (χ1) is 7.33. The predicted molar refractivity (Wildman–Crippen MR) is 66.4 cm³/mol. The summed E-state index contributed by atoms with van der Waals surface area (Å²) in [6, 6.07) is 7.02. The summed E-state index contributed by atoms with van der Waals surface area (Å²) in [5.41, 5.74) is 1.07. The third kappa shape index (κ3) is 3.32. The van der Waals surface area contributed by atoms with E-state index in [2.05, 4.69) is 0 Å². The summed E-state index contributed by atoms with van der Waals surface area (Å²) in [5, 5.41) is 0. The second-order valence-electron chi connectivity index (χ2n) is 4.41. The summed E-state index contributed by atoms with van der Waals surface area (Å²) >= 11 is 0. The maximum atomic E-state index is 12.0. The van der Waals surface area contributed by atoms with E-state index in [4.69, 9.17) is 0 Å². The Morgan fingerprint density at radius 1 is 1.19 bits per heavy atom. The van der Waals surface area contributed by atoms with Crippen molar-refractivity contribution >= 4 is 9.84 Å². The van der Waals surface area contributed by atoms with Crippen LogP contribution >= 0.6 is 0 Å². The van der Waals surface area contributed by atoms with Crippen LogP contribution in [0.4, 0.5) is 0 Å². The number of aryl methyl sites for hydroxylation is 1. The molecule has 0 saturated heterocycles. The molecule has 1 atom stereocenters. The van der Waals surface area contributed by atoms with Crippen LogP contribution in [-0.2, 0) is 9.84 Å². The number of rotatable bonds is 4. The average Bonchev–Trinajstić information content (AvgIpc) is 2.17. The fourth-order valence-corrected chi connectivity index (χ4v) is 2.98. The second kappa shape index (κ2) is 4.97. The van der Waals surface area contributed by atoms with E-state index < -0.39 is 9.84 Å². The molecule has 0 aliphatic rings. The number of nitrogens with zero attached hydrogens (tertiary/aromatic N) is 1. The third-order valence-corrected chi connectivity index (χ3v) is 4.63. The highest BCUT2D eigenvalue weighted by Crippen LogP contribution is 2.14.